The van der Waals surface area contributed by atoms with E-state index in [1.807, 2.05) is 55.5 Å². The molecule has 108 heavy (non-hydrogen) atoms. The van der Waals surface area contributed by atoms with Gasteiger partial charge in [0.1, 0.15) is 66.3 Å². The van der Waals surface area contributed by atoms with Crippen LogP contribution in [0.15, 0.2) is 64.4 Å². The van der Waals surface area contributed by atoms with E-state index in [0.717, 1.165) is 17.3 Å². The molecular weight excluding hydrogens is 1580 g/mol. The number of rotatable bonds is 32. The Morgan fingerprint density at radius 2 is 1.58 bits per heavy atom. The summed E-state index contributed by atoms with van der Waals surface area (Å²) in [5.74, 6) is 9.85. The highest BCUT2D eigenvalue weighted by Crippen LogP contribution is 2.46. The van der Waals surface area contributed by atoms with Gasteiger partial charge in [0.05, 0.1) is 107 Å². The molecule has 0 radical (unpaired) electrons. The predicted molar refractivity (Wildman–Crippen MR) is 405 cm³/mol. The number of hydrogen-bond donors (Lipinski definition) is 10. The number of hydrazone groups is 1. The molecule has 4 heterocycles. The zero-order valence-corrected chi connectivity index (χ0v) is 67.0. The number of aliphatic hydroxyl groups excluding tert-OH is 6. The summed E-state index contributed by atoms with van der Waals surface area (Å²) in [6.07, 6.45) is -14.2. The van der Waals surface area contributed by atoms with Crippen LogP contribution in [0, 0.1) is 34.2 Å². The summed E-state index contributed by atoms with van der Waals surface area (Å²) in [5.41, 5.74) is 4.47. The lowest BCUT2D eigenvalue weighted by Gasteiger charge is -2.47. The zero-order valence-electron chi connectivity index (χ0n) is 62.4. The van der Waals surface area contributed by atoms with E-state index in [1.54, 1.807) is 57.7 Å². The van der Waals surface area contributed by atoms with Gasteiger partial charge in [-0.15, -0.1) is 0 Å². The Morgan fingerprint density at radius 3 is 2.23 bits per heavy atom. The van der Waals surface area contributed by atoms with Crippen LogP contribution < -0.4 is 30.4 Å². The van der Waals surface area contributed by atoms with Crippen LogP contribution in [0.5, 0.6) is 17.2 Å². The fourth-order valence-corrected chi connectivity index (χ4v) is 17.4. The van der Waals surface area contributed by atoms with E-state index < -0.39 is 162 Å². The zero-order chi connectivity index (χ0) is 79.1. The molecule has 2 aliphatic carbocycles. The second-order valence-corrected chi connectivity index (χ2v) is 32.4. The first-order valence-electron chi connectivity index (χ1n) is 35.2. The number of halogens is 1. The normalized spacial score (nSPS) is 30.8. The van der Waals surface area contributed by atoms with E-state index in [0.29, 0.717) is 46.6 Å². The second kappa shape index (κ2) is 40.2. The Balaban J connectivity index is 1.02. The van der Waals surface area contributed by atoms with Crippen molar-refractivity contribution in [3.8, 4) is 40.9 Å². The summed E-state index contributed by atoms with van der Waals surface area (Å²) in [7, 11) is 6.75. The fourth-order valence-electron chi connectivity index (χ4n) is 13.2. The standard InChI is InChI=1S/C74H98IN5O25S3/c1-14-80(43(8)84)48-36-98-55(31-52(48)94-11)103-68-63(90)60(79-105-56-30-49(85)69(42(7)99-56)107-70(92)57-38(3)59(75)66(46(34-81)65(57)95-12)104-71-64(91)67(96-13)62(89)41(6)101-71)40(5)100-72(68)102-51-21-17-15-16-18-27-74(93)32-50(86)61(76-54(88)35-82)58(51)47(74)26-29-106-108-73(9,10)33-53(87)78-77-39(4)44-22-24-45(25-23-44)97-28-19-20-37(2)83/h15-16,22-26,40-42,48-49,51-52,55-56,60,62-64,67-69,71-72,79,81-82,85,89-91,93H,14,19-20,28-36H2,1-13H3,(H,76,88)(H,78,87)/b16-15-,47-26+,77-39+/t40?,41?,42?,48-,49+,51-,52+,55-,56-,60-,62-,63-,64?,67-,68?,69-,71-,72-,74-/m0/s1. The first-order valence-corrected chi connectivity index (χ1v) is 39.5. The first-order chi connectivity index (χ1) is 51.3. The lowest BCUT2D eigenvalue weighted by molar-refractivity contribution is -0.337. The maximum absolute atomic E-state index is 14.6. The highest BCUT2D eigenvalue weighted by atomic mass is 127. The van der Waals surface area contributed by atoms with Gasteiger partial charge in [-0.2, -0.15) is 10.6 Å². The van der Waals surface area contributed by atoms with Gasteiger partial charge in [-0.1, -0.05) is 63.1 Å². The van der Waals surface area contributed by atoms with Gasteiger partial charge in [-0.3, -0.25) is 28.8 Å². The number of hydroxylamine groups is 1. The van der Waals surface area contributed by atoms with Crippen molar-refractivity contribution in [1.29, 1.82) is 0 Å². The molecule has 2 aromatic carbocycles. The summed E-state index contributed by atoms with van der Waals surface area (Å²) >= 11 is 2.72. The average Bonchev–Trinajstić information content (AvgIpc) is 0.755. The van der Waals surface area contributed by atoms with E-state index in [1.165, 1.54) is 68.9 Å². The first kappa shape index (κ1) is 87.9. The lowest BCUT2D eigenvalue weighted by atomic mass is 9.75. The molecule has 0 spiro atoms. The fraction of sp³-hybridized carbons (Fsp3) is 0.608. The number of nitrogens with zero attached hydrogens (tertiary/aromatic N) is 2. The van der Waals surface area contributed by atoms with E-state index in [9.17, 15) is 64.5 Å². The summed E-state index contributed by atoms with van der Waals surface area (Å²) in [6, 6.07) is 5.42. The molecule has 30 nitrogen and oxygen atoms in total. The van der Waals surface area contributed by atoms with E-state index in [-0.39, 0.29) is 83.0 Å². The van der Waals surface area contributed by atoms with Crippen molar-refractivity contribution >= 4 is 96.1 Å². The molecule has 3 amide bonds. The lowest BCUT2D eigenvalue weighted by Crippen LogP contribution is -2.65. The summed E-state index contributed by atoms with van der Waals surface area (Å²) in [4.78, 5) is 87.6. The average molecular weight is 1680 g/mol. The maximum Gasteiger partial charge on any atom is 0.250 e. The Kier molecular flexibility index (Phi) is 32.7. The van der Waals surface area contributed by atoms with Crippen molar-refractivity contribution < 1.29 is 121 Å². The molecule has 19 atom stereocenters. The number of aliphatic hydroxyl groups is 7. The molecule has 2 bridgehead atoms. The molecule has 8 rings (SSSR count). The van der Waals surface area contributed by atoms with E-state index in [4.69, 9.17) is 56.9 Å². The largest absolute Gasteiger partial charge is 0.495 e. The predicted octanol–water partition coefficient (Wildman–Crippen LogP) is 3.87. The molecule has 10 N–H and O–H groups in total. The van der Waals surface area contributed by atoms with Crippen LogP contribution in [0.25, 0.3) is 0 Å². The van der Waals surface area contributed by atoms with Crippen LogP contribution in [0.2, 0.25) is 0 Å². The molecule has 4 aliphatic heterocycles. The second-order valence-electron chi connectivity index (χ2n) is 27.2. The minimum atomic E-state index is -2.25. The van der Waals surface area contributed by atoms with Crippen molar-refractivity contribution in [1.82, 2.24) is 21.1 Å². The van der Waals surface area contributed by atoms with Gasteiger partial charge in [-0.25, -0.2) is 5.43 Å². The Morgan fingerprint density at radius 1 is 0.870 bits per heavy atom. The topological polar surface area (TPSA) is 406 Å². The SMILES string of the molecule is CCN(C(C)=O)[C@H]1CO[C@@H](OC2[C@H](O[C@H]3C#C/C=C\C#C[C@]4(O)CC(=O)C(NC(=O)CO)=C3/C4=C\CSSC(C)(C)CC(=O)N/N=C(\C)c3ccc(OCCCC(C)=O)cc3)OC(C)[C@H](NO[C@H]3C[C@@H](O)[C@@H](SC(=O)c4c(C)c(I)c(O[C@@H]5OC(C)[C@H](O)[C@H](OC)C5O)c(CO)c4OC)C(C)O3)[C@@H]2O)C[C@H]1OC. The van der Waals surface area contributed by atoms with Gasteiger partial charge in [0.25, 0.3) is 0 Å². The number of carbonyl (C=O) groups is 6. The molecule has 5 unspecified atom stereocenters. The highest BCUT2D eigenvalue weighted by Gasteiger charge is 2.53. The number of likely N-dealkylation sites (N-methyl/N-ethyl adjacent to an activating group) is 1. The van der Waals surface area contributed by atoms with E-state index in [2.05, 4.69) is 45.0 Å². The third-order valence-corrected chi connectivity index (χ3v) is 24.6. The van der Waals surface area contributed by atoms with Crippen LogP contribution in [0.3, 0.4) is 0 Å². The monoisotopic (exact) mass is 1680 g/mol. The van der Waals surface area contributed by atoms with Gasteiger partial charge >= 0.3 is 0 Å². The number of thioether (sulfide) groups is 1. The van der Waals surface area contributed by atoms with E-state index >= 15 is 0 Å². The Hall–Kier alpha value is -5.63. The number of methoxy groups -OCH3 is 3. The molecule has 4 saturated heterocycles. The Labute approximate surface area is 653 Å². The third-order valence-electron chi connectivity index (χ3n) is 18.8. The van der Waals surface area contributed by atoms with Crippen LogP contribution in [0.1, 0.15) is 128 Å². The van der Waals surface area contributed by atoms with Crippen LogP contribution in [-0.4, -0.2) is 254 Å². The molecule has 34 heteroatoms. The number of ketones is 2. The van der Waals surface area contributed by atoms with Crippen molar-refractivity contribution in [3.63, 3.8) is 0 Å². The number of allylic oxidation sites excluding steroid dienone is 3. The van der Waals surface area contributed by atoms with Crippen LogP contribution >= 0.6 is 55.9 Å². The summed E-state index contributed by atoms with van der Waals surface area (Å²) in [6.45, 7) is 15.6. The van der Waals surface area contributed by atoms with Crippen LogP contribution in [0.4, 0.5) is 0 Å². The molecule has 6 aliphatic rings. The molecule has 0 saturated carbocycles. The number of ether oxygens (including phenoxy) is 11. The van der Waals surface area contributed by atoms with Crippen molar-refractivity contribution in [3.05, 3.63) is 85.2 Å². The van der Waals surface area contributed by atoms with Gasteiger partial charge in [0, 0.05) is 75.0 Å². The number of Topliss-reactive ketones (excluding diaryl/α,β-unsaturated/α-hetero) is 2. The van der Waals surface area contributed by atoms with Crippen molar-refractivity contribution in [2.45, 2.75) is 234 Å². The molecular formula is C74H98IN5O25S3. The highest BCUT2D eigenvalue weighted by molar-refractivity contribution is 14.1. The summed E-state index contributed by atoms with van der Waals surface area (Å²) < 4.78 is 67.2. The molecule has 594 valence electrons. The summed E-state index contributed by atoms with van der Waals surface area (Å²) in [5, 5.41) is 85.2. The minimum absolute atomic E-state index is 0.00940. The maximum atomic E-state index is 14.6. The smallest absolute Gasteiger partial charge is 0.250 e. The van der Waals surface area contributed by atoms with Crippen molar-refractivity contribution in [2.24, 2.45) is 5.10 Å². The number of carbonyl (C=O) groups excluding carboxylic acids is 6. The number of amides is 3. The number of hydrogen-bond acceptors (Lipinski definition) is 30. The van der Waals surface area contributed by atoms with Gasteiger partial charge in [0.15, 0.2) is 30.3 Å². The number of fused-ring (bicyclic) bond motifs is 2. The van der Waals surface area contributed by atoms with Crippen molar-refractivity contribution in [2.75, 3.05) is 53.4 Å². The van der Waals surface area contributed by atoms with Gasteiger partial charge in [-0.05, 0) is 139 Å². The molecule has 4 fully saturated rings. The molecule has 0 aromatic heterocycles. The Bertz CT molecular complexity index is 3790. The van der Waals surface area contributed by atoms with Gasteiger partial charge < -0.3 is 103 Å². The quantitative estimate of drug-likeness (QED) is 0.0124. The van der Waals surface area contributed by atoms with Crippen LogP contribution in [-0.2, 0) is 73.3 Å². The minimum Gasteiger partial charge on any atom is -0.495 e. The van der Waals surface area contributed by atoms with Gasteiger partial charge in [0.2, 0.25) is 29.1 Å². The number of nitrogens with one attached hydrogen (secondary N) is 3. The third kappa shape index (κ3) is 22.0. The number of benzene rings is 2. The molecule has 2 aromatic rings.